The molecule has 0 unspecified atom stereocenters. The van der Waals surface area contributed by atoms with Crippen molar-refractivity contribution in [3.05, 3.63) is 39.9 Å². The summed E-state index contributed by atoms with van der Waals surface area (Å²) in [6, 6.07) is 8.61. The molecule has 0 fully saturated rings. The Morgan fingerprint density at radius 3 is 2.69 bits per heavy atom. The van der Waals surface area contributed by atoms with E-state index in [4.69, 9.17) is 0 Å². The second-order valence-electron chi connectivity index (χ2n) is 3.36. The van der Waals surface area contributed by atoms with Crippen molar-refractivity contribution in [3.63, 3.8) is 0 Å². The molecule has 0 aliphatic rings. The number of thiophene rings is 2. The SMILES string of the molecule is c1csc(CCNCCSc2cccs2)c1. The van der Waals surface area contributed by atoms with Gasteiger partial charge in [-0.25, -0.2) is 0 Å². The zero-order valence-electron chi connectivity index (χ0n) is 9.02. The fraction of sp³-hybridized carbons (Fsp3) is 0.333. The van der Waals surface area contributed by atoms with Gasteiger partial charge in [0.1, 0.15) is 0 Å². The lowest BCUT2D eigenvalue weighted by atomic mass is 10.3. The molecule has 0 spiro atoms. The molecule has 2 aromatic rings. The monoisotopic (exact) mass is 269 g/mol. The molecule has 0 saturated carbocycles. The third-order valence-electron chi connectivity index (χ3n) is 2.15. The Balaban J connectivity index is 1.49. The zero-order valence-corrected chi connectivity index (χ0v) is 11.5. The first-order chi connectivity index (χ1) is 7.95. The maximum Gasteiger partial charge on any atom is 0.0598 e. The van der Waals surface area contributed by atoms with Gasteiger partial charge in [-0.1, -0.05) is 12.1 Å². The van der Waals surface area contributed by atoms with E-state index in [1.54, 1.807) is 0 Å². The molecule has 0 saturated heterocycles. The van der Waals surface area contributed by atoms with Crippen LogP contribution in [0.15, 0.2) is 39.2 Å². The fourth-order valence-corrected chi connectivity index (χ4v) is 3.83. The van der Waals surface area contributed by atoms with E-state index >= 15 is 0 Å². The van der Waals surface area contributed by atoms with Crippen LogP contribution in [-0.4, -0.2) is 18.8 Å². The van der Waals surface area contributed by atoms with Crippen molar-refractivity contribution in [2.24, 2.45) is 0 Å². The maximum atomic E-state index is 3.48. The minimum Gasteiger partial charge on any atom is -0.316 e. The van der Waals surface area contributed by atoms with Crippen LogP contribution in [0.25, 0.3) is 0 Å². The smallest absolute Gasteiger partial charge is 0.0598 e. The highest BCUT2D eigenvalue weighted by atomic mass is 32.2. The molecule has 0 radical (unpaired) electrons. The molecular formula is C12H15NS3. The quantitative estimate of drug-likeness (QED) is 0.607. The van der Waals surface area contributed by atoms with Gasteiger partial charge in [-0.15, -0.1) is 34.4 Å². The Kier molecular flexibility index (Phi) is 5.42. The number of hydrogen-bond acceptors (Lipinski definition) is 4. The summed E-state index contributed by atoms with van der Waals surface area (Å²) in [5, 5.41) is 7.75. The van der Waals surface area contributed by atoms with Crippen molar-refractivity contribution >= 4 is 34.4 Å². The second-order valence-corrected chi connectivity index (χ2v) is 6.74. The number of nitrogens with one attached hydrogen (secondary N) is 1. The van der Waals surface area contributed by atoms with Crippen LogP contribution in [-0.2, 0) is 6.42 Å². The number of hydrogen-bond donors (Lipinski definition) is 1. The van der Waals surface area contributed by atoms with Gasteiger partial charge in [0.05, 0.1) is 4.21 Å². The van der Waals surface area contributed by atoms with Gasteiger partial charge in [0.15, 0.2) is 0 Å². The van der Waals surface area contributed by atoms with Gasteiger partial charge >= 0.3 is 0 Å². The lowest BCUT2D eigenvalue weighted by Crippen LogP contribution is -2.19. The molecular weight excluding hydrogens is 254 g/mol. The molecule has 0 bridgehead atoms. The summed E-state index contributed by atoms with van der Waals surface area (Å²) >= 11 is 5.60. The topological polar surface area (TPSA) is 12.0 Å². The highest BCUT2D eigenvalue weighted by Crippen LogP contribution is 2.22. The second kappa shape index (κ2) is 7.12. The minimum absolute atomic E-state index is 1.09. The van der Waals surface area contributed by atoms with Gasteiger partial charge in [-0.3, -0.25) is 0 Å². The average molecular weight is 269 g/mol. The molecule has 0 aliphatic heterocycles. The van der Waals surface area contributed by atoms with E-state index in [0.717, 1.165) is 25.3 Å². The van der Waals surface area contributed by atoms with Crippen molar-refractivity contribution in [2.75, 3.05) is 18.8 Å². The summed E-state index contributed by atoms with van der Waals surface area (Å²) in [6.45, 7) is 2.18. The first-order valence-electron chi connectivity index (χ1n) is 5.34. The van der Waals surface area contributed by atoms with E-state index < -0.39 is 0 Å². The average Bonchev–Trinajstić information content (AvgIpc) is 2.96. The van der Waals surface area contributed by atoms with E-state index in [2.05, 4.69) is 40.3 Å². The molecule has 1 N–H and O–H groups in total. The van der Waals surface area contributed by atoms with Crippen LogP contribution < -0.4 is 5.32 Å². The van der Waals surface area contributed by atoms with Crippen LogP contribution in [0.4, 0.5) is 0 Å². The molecule has 0 amide bonds. The molecule has 2 heterocycles. The van der Waals surface area contributed by atoms with Crippen molar-refractivity contribution in [2.45, 2.75) is 10.6 Å². The molecule has 0 aromatic carbocycles. The van der Waals surface area contributed by atoms with E-state index in [9.17, 15) is 0 Å². The van der Waals surface area contributed by atoms with E-state index in [1.807, 2.05) is 34.4 Å². The Bertz CT molecular complexity index is 329. The Labute approximate surface area is 109 Å². The summed E-state index contributed by atoms with van der Waals surface area (Å²) in [5.74, 6) is 1.16. The van der Waals surface area contributed by atoms with E-state index in [1.165, 1.54) is 9.09 Å². The van der Waals surface area contributed by atoms with Crippen LogP contribution in [0, 0.1) is 0 Å². The Morgan fingerprint density at radius 1 is 1.06 bits per heavy atom. The Hall–Kier alpha value is -0.290. The lowest BCUT2D eigenvalue weighted by Gasteiger charge is -2.02. The van der Waals surface area contributed by atoms with Gasteiger partial charge in [0.2, 0.25) is 0 Å². The van der Waals surface area contributed by atoms with E-state index in [-0.39, 0.29) is 0 Å². The minimum atomic E-state index is 1.09. The molecule has 86 valence electrons. The molecule has 0 atom stereocenters. The lowest BCUT2D eigenvalue weighted by molar-refractivity contribution is 0.726. The molecule has 2 aromatic heterocycles. The summed E-state index contributed by atoms with van der Waals surface area (Å²) in [6.07, 6.45) is 1.15. The summed E-state index contributed by atoms with van der Waals surface area (Å²) in [7, 11) is 0. The van der Waals surface area contributed by atoms with Crippen LogP contribution in [0.1, 0.15) is 4.88 Å². The van der Waals surface area contributed by atoms with Gasteiger partial charge in [0.25, 0.3) is 0 Å². The van der Waals surface area contributed by atoms with E-state index in [0.29, 0.717) is 0 Å². The first kappa shape index (κ1) is 12.2. The molecule has 4 heteroatoms. The summed E-state index contributed by atoms with van der Waals surface area (Å²) < 4.78 is 1.42. The van der Waals surface area contributed by atoms with Gasteiger partial charge in [-0.05, 0) is 35.9 Å². The van der Waals surface area contributed by atoms with Crippen molar-refractivity contribution < 1.29 is 0 Å². The zero-order chi connectivity index (χ0) is 11.1. The summed E-state index contributed by atoms with van der Waals surface area (Å²) in [5.41, 5.74) is 0. The van der Waals surface area contributed by atoms with Crippen LogP contribution >= 0.6 is 34.4 Å². The highest BCUT2D eigenvalue weighted by molar-refractivity contribution is 8.01. The largest absolute Gasteiger partial charge is 0.316 e. The third kappa shape index (κ3) is 4.29. The van der Waals surface area contributed by atoms with Gasteiger partial charge < -0.3 is 5.32 Å². The number of rotatable bonds is 7. The maximum absolute atomic E-state index is 3.48. The first-order valence-corrected chi connectivity index (χ1v) is 8.09. The molecule has 16 heavy (non-hydrogen) atoms. The third-order valence-corrected chi connectivity index (χ3v) is 5.22. The highest BCUT2D eigenvalue weighted by Gasteiger charge is 1.95. The van der Waals surface area contributed by atoms with Crippen LogP contribution in [0.3, 0.4) is 0 Å². The predicted molar refractivity (Wildman–Crippen MR) is 75.9 cm³/mol. The molecule has 0 aliphatic carbocycles. The van der Waals surface area contributed by atoms with Crippen LogP contribution in [0.2, 0.25) is 0 Å². The fourth-order valence-electron chi connectivity index (χ4n) is 1.36. The molecule has 1 nitrogen and oxygen atoms in total. The summed E-state index contributed by atoms with van der Waals surface area (Å²) in [4.78, 5) is 1.47. The van der Waals surface area contributed by atoms with Crippen LogP contribution in [0.5, 0.6) is 0 Å². The van der Waals surface area contributed by atoms with Gasteiger partial charge in [0, 0.05) is 17.2 Å². The predicted octanol–water partition coefficient (Wildman–Crippen LogP) is 3.73. The number of thioether (sulfide) groups is 1. The molecule has 2 rings (SSSR count). The van der Waals surface area contributed by atoms with Crippen molar-refractivity contribution in [1.29, 1.82) is 0 Å². The Morgan fingerprint density at radius 2 is 1.94 bits per heavy atom. The van der Waals surface area contributed by atoms with Crippen molar-refractivity contribution in [3.8, 4) is 0 Å². The normalized spacial score (nSPS) is 10.8. The van der Waals surface area contributed by atoms with Gasteiger partial charge in [-0.2, -0.15) is 0 Å². The standard InChI is InChI=1S/C12H15NS3/c1-3-11(14-8-1)5-6-13-7-10-16-12-4-2-9-15-12/h1-4,8-9,13H,5-7,10H2. The van der Waals surface area contributed by atoms with Crippen molar-refractivity contribution in [1.82, 2.24) is 5.32 Å².